The Morgan fingerprint density at radius 2 is 2.03 bits per heavy atom. The largest absolute Gasteiger partial charge is 0.508 e. The van der Waals surface area contributed by atoms with Crippen molar-refractivity contribution in [1.82, 2.24) is 10.1 Å². The summed E-state index contributed by atoms with van der Waals surface area (Å²) in [6.45, 7) is 1.19. The van der Waals surface area contributed by atoms with Gasteiger partial charge in [-0.3, -0.25) is 0 Å². The molecule has 2 aromatic carbocycles. The third-order valence-corrected chi connectivity index (χ3v) is 8.80. The Morgan fingerprint density at radius 1 is 1.22 bits per heavy atom. The van der Waals surface area contributed by atoms with Gasteiger partial charge in [-0.2, -0.15) is 0 Å². The lowest BCUT2D eigenvalue weighted by atomic mass is 10.0. The van der Waals surface area contributed by atoms with Crippen molar-refractivity contribution >= 4 is 32.7 Å². The lowest BCUT2D eigenvalue weighted by Gasteiger charge is -2.31. The number of piperidine rings is 1. The number of aromatic nitrogens is 2. The average molecular weight is 522 g/mol. The van der Waals surface area contributed by atoms with E-state index in [1.807, 2.05) is 12.1 Å². The van der Waals surface area contributed by atoms with Gasteiger partial charge in [0.1, 0.15) is 22.7 Å². The van der Waals surface area contributed by atoms with E-state index >= 15 is 0 Å². The topological polar surface area (TPSA) is 109 Å². The number of hydrogen-bond acceptors (Lipinski definition) is 8. The average Bonchev–Trinajstić information content (AvgIpc) is 3.23. The summed E-state index contributed by atoms with van der Waals surface area (Å²) >= 11 is 1.34. The third-order valence-electron chi connectivity index (χ3n) is 7.76. The van der Waals surface area contributed by atoms with Gasteiger partial charge in [0.2, 0.25) is 0 Å². The Balaban J connectivity index is 1.07. The quantitative estimate of drug-likeness (QED) is 0.326. The predicted molar refractivity (Wildman–Crippen MR) is 135 cm³/mol. The first-order chi connectivity index (χ1) is 17.9. The number of rotatable bonds is 7. The number of anilines is 1. The van der Waals surface area contributed by atoms with E-state index < -0.39 is 11.8 Å². The van der Waals surface area contributed by atoms with Gasteiger partial charge in [0.05, 0.1) is 23.0 Å². The zero-order valence-corrected chi connectivity index (χ0v) is 20.6. The van der Waals surface area contributed by atoms with Crippen molar-refractivity contribution in [3.05, 3.63) is 59.1 Å². The molecule has 7 rings (SSSR count). The van der Waals surface area contributed by atoms with Crippen molar-refractivity contribution in [2.24, 2.45) is 5.92 Å². The Hall–Kier alpha value is -3.50. The lowest BCUT2D eigenvalue weighted by Crippen LogP contribution is -2.38. The first-order valence-corrected chi connectivity index (χ1v) is 13.3. The Kier molecular flexibility index (Phi) is 5.23. The highest BCUT2D eigenvalue weighted by atomic mass is 32.1. The summed E-state index contributed by atoms with van der Waals surface area (Å²) in [7, 11) is 0. The molecular formula is C27H24FN3O5S. The van der Waals surface area contributed by atoms with Crippen molar-refractivity contribution in [2.45, 2.75) is 50.4 Å². The summed E-state index contributed by atoms with van der Waals surface area (Å²) < 4.78 is 27.2. The predicted octanol–water partition coefficient (Wildman–Crippen LogP) is 5.56. The van der Waals surface area contributed by atoms with Gasteiger partial charge in [0, 0.05) is 35.5 Å². The van der Waals surface area contributed by atoms with Gasteiger partial charge in [-0.1, -0.05) is 16.5 Å². The maximum Gasteiger partial charge on any atom is 0.335 e. The van der Waals surface area contributed by atoms with Crippen LogP contribution in [0.5, 0.6) is 5.75 Å². The van der Waals surface area contributed by atoms with Crippen LogP contribution in [-0.2, 0) is 11.3 Å². The number of hydrogen-bond donors (Lipinski definition) is 2. The fraction of sp³-hybridized carbons (Fsp3) is 0.370. The summed E-state index contributed by atoms with van der Waals surface area (Å²) in [6.07, 6.45) is 4.12. The highest BCUT2D eigenvalue weighted by Gasteiger charge is 2.46. The normalized spacial score (nSPS) is 22.8. The highest BCUT2D eigenvalue weighted by molar-refractivity contribution is 7.22. The zero-order valence-electron chi connectivity index (χ0n) is 19.8. The van der Waals surface area contributed by atoms with Gasteiger partial charge in [0.25, 0.3) is 0 Å². The van der Waals surface area contributed by atoms with E-state index in [-0.39, 0.29) is 29.0 Å². The Labute approximate surface area is 215 Å². The zero-order chi connectivity index (χ0) is 25.3. The number of carboxylic acid groups (broad SMARTS) is 1. The van der Waals surface area contributed by atoms with Crippen LogP contribution in [0, 0.1) is 11.7 Å². The SMILES string of the molecule is O=C(O)c1cc(F)c2nc(N3C[C@@H]4C[C@H]3C[C@H]4OCc3c(-c4ccc(O)cc4)noc3C3CC3)sc2c1. The monoisotopic (exact) mass is 521 g/mol. The molecule has 0 amide bonds. The molecule has 0 radical (unpaired) electrons. The van der Waals surface area contributed by atoms with Gasteiger partial charge < -0.3 is 24.4 Å². The standard InChI is InChI=1S/C27H24FN3O5S/c28-20-8-15(26(33)34)9-22-24(20)29-27(37-22)31-11-16-7-17(31)10-21(16)35-12-19-23(13-3-5-18(32)6-4-13)30-36-25(19)14-1-2-14/h3-6,8-9,14,16-17,21,32H,1-2,7,10-12H2,(H,33,34)/t16-,17-,21+/m0/s1. The maximum absolute atomic E-state index is 14.5. The van der Waals surface area contributed by atoms with Crippen molar-refractivity contribution in [2.75, 3.05) is 11.4 Å². The van der Waals surface area contributed by atoms with Gasteiger partial charge >= 0.3 is 5.97 Å². The summed E-state index contributed by atoms with van der Waals surface area (Å²) in [4.78, 5) is 18.0. The number of fused-ring (bicyclic) bond motifs is 3. The number of benzene rings is 2. The first kappa shape index (κ1) is 22.7. The fourth-order valence-electron chi connectivity index (χ4n) is 5.73. The number of aromatic carboxylic acids is 1. The minimum Gasteiger partial charge on any atom is -0.508 e. The molecule has 2 aliphatic carbocycles. The number of phenolic OH excluding ortho intramolecular Hbond substituents is 1. The number of carbonyl (C=O) groups is 1. The van der Waals surface area contributed by atoms with E-state index in [1.54, 1.807) is 12.1 Å². The van der Waals surface area contributed by atoms with Crippen LogP contribution in [0.2, 0.25) is 0 Å². The van der Waals surface area contributed by atoms with Crippen molar-refractivity contribution < 1.29 is 28.7 Å². The molecule has 3 atom stereocenters. The van der Waals surface area contributed by atoms with E-state index in [0.29, 0.717) is 23.1 Å². The summed E-state index contributed by atoms with van der Waals surface area (Å²) in [6, 6.07) is 9.73. The number of ether oxygens (including phenoxy) is 1. The number of phenols is 1. The number of nitrogens with zero attached hydrogens (tertiary/aromatic N) is 3. The van der Waals surface area contributed by atoms with Gasteiger partial charge in [-0.05, 0) is 62.1 Å². The molecule has 1 aliphatic heterocycles. The second kappa shape index (κ2) is 8.53. The van der Waals surface area contributed by atoms with Crippen LogP contribution >= 0.6 is 11.3 Å². The molecule has 0 unspecified atom stereocenters. The molecule has 190 valence electrons. The molecule has 4 aromatic rings. The minimum atomic E-state index is -1.15. The van der Waals surface area contributed by atoms with Gasteiger partial charge in [0.15, 0.2) is 10.9 Å². The second-order valence-electron chi connectivity index (χ2n) is 10.2. The highest BCUT2D eigenvalue weighted by Crippen LogP contribution is 2.47. The fourth-order valence-corrected chi connectivity index (χ4v) is 6.83. The number of thiazole rings is 1. The molecule has 2 aromatic heterocycles. The second-order valence-corrected chi connectivity index (χ2v) is 11.2. The van der Waals surface area contributed by atoms with Crippen LogP contribution in [0.3, 0.4) is 0 Å². The molecular weight excluding hydrogens is 497 g/mol. The number of halogens is 1. The van der Waals surface area contributed by atoms with Crippen LogP contribution in [0.4, 0.5) is 9.52 Å². The molecule has 3 fully saturated rings. The van der Waals surface area contributed by atoms with Gasteiger partial charge in [-0.25, -0.2) is 14.2 Å². The van der Waals surface area contributed by atoms with E-state index in [1.165, 1.54) is 17.4 Å². The smallest absolute Gasteiger partial charge is 0.335 e. The molecule has 1 saturated heterocycles. The third kappa shape index (κ3) is 3.95. The lowest BCUT2D eigenvalue weighted by molar-refractivity contribution is 0.0122. The van der Waals surface area contributed by atoms with E-state index in [9.17, 15) is 19.4 Å². The summed E-state index contributed by atoms with van der Waals surface area (Å²) in [5, 5.41) is 24.0. The van der Waals surface area contributed by atoms with Crippen molar-refractivity contribution in [3.8, 4) is 17.0 Å². The van der Waals surface area contributed by atoms with E-state index in [0.717, 1.165) is 66.0 Å². The van der Waals surface area contributed by atoms with Crippen LogP contribution in [0.15, 0.2) is 40.9 Å². The number of carboxylic acids is 1. The molecule has 8 nitrogen and oxygen atoms in total. The number of aromatic hydroxyl groups is 1. The summed E-state index contributed by atoms with van der Waals surface area (Å²) in [5.74, 6) is 0.0865. The molecule has 10 heteroatoms. The van der Waals surface area contributed by atoms with Crippen LogP contribution < -0.4 is 4.90 Å². The molecule has 0 spiro atoms. The molecule has 3 heterocycles. The van der Waals surface area contributed by atoms with Crippen LogP contribution in [0.1, 0.15) is 53.3 Å². The first-order valence-electron chi connectivity index (χ1n) is 12.4. The van der Waals surface area contributed by atoms with Crippen LogP contribution in [0.25, 0.3) is 21.5 Å². The van der Waals surface area contributed by atoms with Gasteiger partial charge in [-0.15, -0.1) is 0 Å². The van der Waals surface area contributed by atoms with E-state index in [2.05, 4.69) is 15.0 Å². The minimum absolute atomic E-state index is 0.0671. The molecule has 2 N–H and O–H groups in total. The molecule has 2 saturated carbocycles. The van der Waals surface area contributed by atoms with Crippen molar-refractivity contribution in [3.63, 3.8) is 0 Å². The summed E-state index contributed by atoms with van der Waals surface area (Å²) in [5.41, 5.74) is 2.80. The maximum atomic E-state index is 14.5. The van der Waals surface area contributed by atoms with Crippen molar-refractivity contribution in [1.29, 1.82) is 0 Å². The molecule has 37 heavy (non-hydrogen) atoms. The Morgan fingerprint density at radius 3 is 2.73 bits per heavy atom. The van der Waals surface area contributed by atoms with E-state index in [4.69, 9.17) is 9.26 Å². The molecule has 2 bridgehead atoms. The van der Waals surface area contributed by atoms with Crippen LogP contribution in [-0.4, -0.2) is 45.0 Å². The molecule has 3 aliphatic rings. The Bertz CT molecular complexity index is 1510.